The van der Waals surface area contributed by atoms with Gasteiger partial charge in [-0.25, -0.2) is 0 Å². The van der Waals surface area contributed by atoms with Crippen molar-refractivity contribution in [3.8, 4) is 11.5 Å². The molecule has 0 bridgehead atoms. The third kappa shape index (κ3) is 5.13. The fourth-order valence-corrected chi connectivity index (χ4v) is 4.33. The lowest BCUT2D eigenvalue weighted by Gasteiger charge is -2.26. The Balaban J connectivity index is 1.76. The highest BCUT2D eigenvalue weighted by atomic mass is 16.5. The van der Waals surface area contributed by atoms with Crippen LogP contribution in [-0.4, -0.2) is 33.4 Å². The molecule has 0 aromatic heterocycles. The second kappa shape index (κ2) is 10.3. The number of amides is 1. The van der Waals surface area contributed by atoms with Gasteiger partial charge in [-0.2, -0.15) is 0 Å². The molecule has 0 spiro atoms. The number of benzene rings is 3. The number of aromatic hydroxyl groups is 1. The average Bonchev–Trinajstić information content (AvgIpc) is 3.10. The van der Waals surface area contributed by atoms with Crippen molar-refractivity contribution in [1.82, 2.24) is 4.90 Å². The van der Waals surface area contributed by atoms with Crippen molar-refractivity contribution in [2.45, 2.75) is 40.3 Å². The van der Waals surface area contributed by atoms with E-state index in [1.165, 1.54) is 17.0 Å². The Morgan fingerprint density at radius 1 is 0.972 bits per heavy atom. The van der Waals surface area contributed by atoms with Gasteiger partial charge in [0.25, 0.3) is 11.7 Å². The molecule has 0 saturated carbocycles. The summed E-state index contributed by atoms with van der Waals surface area (Å²) in [5.74, 6) is -0.406. The van der Waals surface area contributed by atoms with E-state index in [9.17, 15) is 19.8 Å². The van der Waals surface area contributed by atoms with Gasteiger partial charge in [-0.05, 0) is 66.8 Å². The van der Waals surface area contributed by atoms with E-state index in [4.69, 9.17) is 4.74 Å². The van der Waals surface area contributed by atoms with Crippen LogP contribution in [0.4, 0.5) is 0 Å². The summed E-state index contributed by atoms with van der Waals surface area (Å²) in [7, 11) is 0. The highest BCUT2D eigenvalue weighted by Gasteiger charge is 2.46. The Kier molecular flexibility index (Phi) is 7.15. The number of rotatable bonds is 7. The molecule has 1 aliphatic rings. The lowest BCUT2D eigenvalue weighted by molar-refractivity contribution is -0.140. The molecule has 6 nitrogen and oxygen atoms in total. The number of carbonyl (C=O) groups excluding carboxylic acids is 2. The van der Waals surface area contributed by atoms with Gasteiger partial charge >= 0.3 is 0 Å². The molecule has 1 unspecified atom stereocenters. The van der Waals surface area contributed by atoms with Gasteiger partial charge in [0.2, 0.25) is 0 Å². The van der Waals surface area contributed by atoms with Gasteiger partial charge in [-0.15, -0.1) is 0 Å². The van der Waals surface area contributed by atoms with E-state index < -0.39 is 17.7 Å². The summed E-state index contributed by atoms with van der Waals surface area (Å²) in [6, 6.07) is 18.6. The molecule has 1 amide bonds. The molecule has 1 atom stereocenters. The number of phenolic OH excluding ortho intramolecular Hbond substituents is 1. The topological polar surface area (TPSA) is 87.1 Å². The molecule has 1 heterocycles. The number of nitrogens with zero attached hydrogens (tertiary/aromatic N) is 1. The van der Waals surface area contributed by atoms with Crippen LogP contribution < -0.4 is 4.74 Å². The first-order valence-electron chi connectivity index (χ1n) is 12.0. The Bertz CT molecular complexity index is 1310. The second-order valence-electron chi connectivity index (χ2n) is 9.69. The standard InChI is InChI=1S/C30H31NO5/c1-18(2)17-36-24-13-7-21(8-14-24)16-31-27(22-9-11-23(32)12-10-22)26(29(34)30(31)35)28(33)25-15-19(3)5-6-20(25)4/h5-15,18,27,32-33H,16-17H2,1-4H3/b28-26+. The lowest BCUT2D eigenvalue weighted by atomic mass is 9.93. The van der Waals surface area contributed by atoms with Crippen molar-refractivity contribution in [2.24, 2.45) is 5.92 Å². The predicted octanol–water partition coefficient (Wildman–Crippen LogP) is 5.67. The van der Waals surface area contributed by atoms with E-state index in [2.05, 4.69) is 13.8 Å². The molecule has 1 fully saturated rings. The number of aliphatic hydroxyl groups is 1. The van der Waals surface area contributed by atoms with Crippen molar-refractivity contribution in [1.29, 1.82) is 0 Å². The fraction of sp³-hybridized carbons (Fsp3) is 0.267. The summed E-state index contributed by atoms with van der Waals surface area (Å²) in [6.07, 6.45) is 0. The van der Waals surface area contributed by atoms with Gasteiger partial charge in [0.1, 0.15) is 17.3 Å². The number of hydrogen-bond donors (Lipinski definition) is 2. The van der Waals surface area contributed by atoms with Gasteiger partial charge in [0.05, 0.1) is 18.2 Å². The maximum absolute atomic E-state index is 13.3. The minimum atomic E-state index is -0.803. The first-order chi connectivity index (χ1) is 17.2. The SMILES string of the molecule is Cc1ccc(C)c(/C(O)=C2\C(=O)C(=O)N(Cc3ccc(OCC(C)C)cc3)C2c2ccc(O)cc2)c1. The van der Waals surface area contributed by atoms with Crippen molar-refractivity contribution in [3.05, 3.63) is 100 Å². The molecule has 0 radical (unpaired) electrons. The van der Waals surface area contributed by atoms with Crippen LogP contribution in [0.3, 0.4) is 0 Å². The number of likely N-dealkylation sites (tertiary alicyclic amines) is 1. The van der Waals surface area contributed by atoms with Gasteiger partial charge < -0.3 is 19.8 Å². The summed E-state index contributed by atoms with van der Waals surface area (Å²) in [6.45, 7) is 8.68. The minimum Gasteiger partial charge on any atom is -0.508 e. The summed E-state index contributed by atoms with van der Waals surface area (Å²) >= 11 is 0. The van der Waals surface area contributed by atoms with E-state index >= 15 is 0 Å². The summed E-state index contributed by atoms with van der Waals surface area (Å²) < 4.78 is 5.75. The van der Waals surface area contributed by atoms with E-state index in [-0.39, 0.29) is 23.6 Å². The van der Waals surface area contributed by atoms with E-state index in [1.807, 2.05) is 56.3 Å². The molecule has 4 rings (SSSR count). The van der Waals surface area contributed by atoms with E-state index in [1.54, 1.807) is 12.1 Å². The predicted molar refractivity (Wildman–Crippen MR) is 139 cm³/mol. The van der Waals surface area contributed by atoms with Gasteiger partial charge in [0, 0.05) is 12.1 Å². The third-order valence-electron chi connectivity index (χ3n) is 6.26. The largest absolute Gasteiger partial charge is 0.508 e. The molecule has 6 heteroatoms. The highest BCUT2D eigenvalue weighted by molar-refractivity contribution is 6.46. The molecule has 36 heavy (non-hydrogen) atoms. The van der Waals surface area contributed by atoms with E-state index in [0.29, 0.717) is 23.7 Å². The molecular formula is C30H31NO5. The monoisotopic (exact) mass is 485 g/mol. The quantitative estimate of drug-likeness (QED) is 0.256. The lowest BCUT2D eigenvalue weighted by Crippen LogP contribution is -2.29. The molecular weight excluding hydrogens is 454 g/mol. The second-order valence-corrected chi connectivity index (χ2v) is 9.69. The van der Waals surface area contributed by atoms with Crippen LogP contribution in [-0.2, 0) is 16.1 Å². The van der Waals surface area contributed by atoms with Crippen molar-refractivity contribution >= 4 is 17.4 Å². The maximum Gasteiger partial charge on any atom is 0.295 e. The van der Waals surface area contributed by atoms with Crippen LogP contribution in [0.1, 0.15) is 47.7 Å². The van der Waals surface area contributed by atoms with Crippen LogP contribution in [0.5, 0.6) is 11.5 Å². The summed E-state index contributed by atoms with van der Waals surface area (Å²) in [5.41, 5.74) is 3.72. The van der Waals surface area contributed by atoms with Crippen molar-refractivity contribution in [3.63, 3.8) is 0 Å². The molecule has 0 aliphatic carbocycles. The number of phenols is 1. The number of ketones is 1. The minimum absolute atomic E-state index is 0.0382. The fourth-order valence-electron chi connectivity index (χ4n) is 4.33. The Morgan fingerprint density at radius 2 is 1.64 bits per heavy atom. The zero-order valence-electron chi connectivity index (χ0n) is 21.0. The number of aryl methyl sites for hydroxylation is 2. The highest BCUT2D eigenvalue weighted by Crippen LogP contribution is 2.41. The number of hydrogen-bond acceptors (Lipinski definition) is 5. The summed E-state index contributed by atoms with van der Waals surface area (Å²) in [5, 5.41) is 21.1. The molecule has 3 aromatic rings. The summed E-state index contributed by atoms with van der Waals surface area (Å²) in [4.78, 5) is 28.0. The van der Waals surface area contributed by atoms with Crippen LogP contribution in [0.15, 0.2) is 72.3 Å². The number of aliphatic hydroxyl groups excluding tert-OH is 1. The van der Waals surface area contributed by atoms with Crippen molar-refractivity contribution < 1.29 is 24.5 Å². The third-order valence-corrected chi connectivity index (χ3v) is 6.26. The van der Waals surface area contributed by atoms with Gasteiger partial charge in [-0.1, -0.05) is 55.8 Å². The average molecular weight is 486 g/mol. The van der Waals surface area contributed by atoms with Crippen molar-refractivity contribution in [2.75, 3.05) is 6.61 Å². The number of Topliss-reactive ketones (excluding diaryl/α,β-unsaturated/α-hetero) is 1. The van der Waals surface area contributed by atoms with Crippen LogP contribution >= 0.6 is 0 Å². The molecule has 2 N–H and O–H groups in total. The number of carbonyl (C=O) groups is 2. The Labute approximate surface area is 211 Å². The molecule has 3 aromatic carbocycles. The van der Waals surface area contributed by atoms with Gasteiger partial charge in [-0.3, -0.25) is 9.59 Å². The smallest absolute Gasteiger partial charge is 0.295 e. The Hall–Kier alpha value is -4.06. The van der Waals surface area contributed by atoms with Crippen LogP contribution in [0, 0.1) is 19.8 Å². The van der Waals surface area contributed by atoms with Crippen LogP contribution in [0.25, 0.3) is 5.76 Å². The van der Waals surface area contributed by atoms with E-state index in [0.717, 1.165) is 22.4 Å². The first-order valence-corrected chi connectivity index (χ1v) is 12.0. The zero-order valence-corrected chi connectivity index (χ0v) is 21.0. The normalized spacial score (nSPS) is 17.1. The Morgan fingerprint density at radius 3 is 2.28 bits per heavy atom. The molecule has 186 valence electrons. The molecule has 1 aliphatic heterocycles. The number of ether oxygens (including phenoxy) is 1. The maximum atomic E-state index is 13.3. The zero-order chi connectivity index (χ0) is 26.0. The first kappa shape index (κ1) is 25.0. The van der Waals surface area contributed by atoms with Crippen LogP contribution in [0.2, 0.25) is 0 Å². The molecule has 1 saturated heterocycles. The van der Waals surface area contributed by atoms with Gasteiger partial charge in [0.15, 0.2) is 0 Å².